The van der Waals surface area contributed by atoms with E-state index in [1.165, 1.54) is 48.2 Å². The van der Waals surface area contributed by atoms with Crippen LogP contribution in [0.2, 0.25) is 0 Å². The van der Waals surface area contributed by atoms with Crippen molar-refractivity contribution in [2.45, 2.75) is 38.6 Å². The van der Waals surface area contributed by atoms with Crippen LogP contribution >= 0.6 is 0 Å². The first kappa shape index (κ1) is 12.0. The molecule has 1 heteroatoms. The molecule has 4 rings (SSSR count). The fourth-order valence-electron chi connectivity index (χ4n) is 3.87. The van der Waals surface area contributed by atoms with Crippen LogP contribution in [0.3, 0.4) is 0 Å². The second kappa shape index (κ2) is 4.66. The summed E-state index contributed by atoms with van der Waals surface area (Å²) >= 11 is 0. The lowest BCUT2D eigenvalue weighted by molar-refractivity contribution is 0.484. The normalized spacial score (nSPS) is 20.6. The maximum atomic E-state index is 2.63. The molecule has 1 heterocycles. The van der Waals surface area contributed by atoms with E-state index in [1.807, 2.05) is 0 Å². The topological polar surface area (TPSA) is 3.24 Å². The molecule has 2 aliphatic rings. The lowest BCUT2D eigenvalue weighted by Crippen LogP contribution is -2.37. The summed E-state index contributed by atoms with van der Waals surface area (Å²) in [5.74, 6) is 0. The third kappa shape index (κ3) is 1.76. The highest BCUT2D eigenvalue weighted by Crippen LogP contribution is 2.42. The van der Waals surface area contributed by atoms with Gasteiger partial charge in [0, 0.05) is 24.7 Å². The van der Waals surface area contributed by atoms with Crippen LogP contribution in [0.5, 0.6) is 0 Å². The maximum absolute atomic E-state index is 2.63. The summed E-state index contributed by atoms with van der Waals surface area (Å²) in [6.45, 7) is 3.59. The van der Waals surface area contributed by atoms with Crippen molar-refractivity contribution in [3.05, 3.63) is 53.6 Å². The van der Waals surface area contributed by atoms with E-state index in [2.05, 4.69) is 54.3 Å². The average Bonchev–Trinajstić information content (AvgIpc) is 2.86. The van der Waals surface area contributed by atoms with Gasteiger partial charge in [-0.1, -0.05) is 36.4 Å². The molecule has 1 aliphatic heterocycles. The molecule has 1 fully saturated rings. The van der Waals surface area contributed by atoms with Crippen LogP contribution in [-0.2, 0) is 6.42 Å². The zero-order valence-corrected chi connectivity index (χ0v) is 12.1. The molecule has 0 amide bonds. The predicted octanol–water partition coefficient (Wildman–Crippen LogP) is 4.64. The molecule has 1 unspecified atom stereocenters. The van der Waals surface area contributed by atoms with E-state index >= 15 is 0 Å². The molecule has 1 nitrogen and oxygen atoms in total. The summed E-state index contributed by atoms with van der Waals surface area (Å²) < 4.78 is 0. The number of hydrogen-bond donors (Lipinski definition) is 0. The zero-order valence-electron chi connectivity index (χ0n) is 12.1. The van der Waals surface area contributed by atoms with Gasteiger partial charge >= 0.3 is 0 Å². The average molecular weight is 263 g/mol. The van der Waals surface area contributed by atoms with Crippen molar-refractivity contribution in [3.8, 4) is 11.1 Å². The van der Waals surface area contributed by atoms with E-state index in [-0.39, 0.29) is 0 Å². The first-order chi connectivity index (χ1) is 9.84. The number of fused-ring (bicyclic) bond motifs is 3. The molecule has 1 atom stereocenters. The Morgan fingerprint density at radius 2 is 1.80 bits per heavy atom. The van der Waals surface area contributed by atoms with Gasteiger partial charge in [0.15, 0.2) is 0 Å². The number of piperidine rings is 1. The van der Waals surface area contributed by atoms with E-state index in [4.69, 9.17) is 0 Å². The highest BCUT2D eigenvalue weighted by atomic mass is 15.2. The first-order valence-corrected chi connectivity index (χ1v) is 7.81. The molecule has 1 saturated heterocycles. The second-order valence-electron chi connectivity index (χ2n) is 6.18. The van der Waals surface area contributed by atoms with Gasteiger partial charge < -0.3 is 4.90 Å². The largest absolute Gasteiger partial charge is 0.369 e. The summed E-state index contributed by atoms with van der Waals surface area (Å²) in [5, 5.41) is 0. The quantitative estimate of drug-likeness (QED) is 0.618. The summed E-state index contributed by atoms with van der Waals surface area (Å²) in [7, 11) is 0. The van der Waals surface area contributed by atoms with Crippen LogP contribution in [0.1, 0.15) is 37.3 Å². The Labute approximate surface area is 121 Å². The number of hydrogen-bond acceptors (Lipinski definition) is 1. The van der Waals surface area contributed by atoms with Crippen molar-refractivity contribution >= 4 is 5.69 Å². The van der Waals surface area contributed by atoms with E-state index in [0.717, 1.165) is 6.42 Å². The van der Waals surface area contributed by atoms with Gasteiger partial charge in [-0.3, -0.25) is 0 Å². The molecule has 1 aliphatic carbocycles. The van der Waals surface area contributed by atoms with Crippen LogP contribution in [0.15, 0.2) is 42.5 Å². The SMILES string of the molecule is CC1CCCCN1c1cccc2c1Cc1ccccc1-2. The minimum atomic E-state index is 0.680. The molecule has 102 valence electrons. The van der Waals surface area contributed by atoms with Gasteiger partial charge in [0.05, 0.1) is 0 Å². The van der Waals surface area contributed by atoms with Gasteiger partial charge in [0.1, 0.15) is 0 Å². The van der Waals surface area contributed by atoms with Gasteiger partial charge in [-0.05, 0) is 54.5 Å². The van der Waals surface area contributed by atoms with Crippen molar-refractivity contribution < 1.29 is 0 Å². The molecule has 0 spiro atoms. The van der Waals surface area contributed by atoms with Crippen LogP contribution in [0.4, 0.5) is 5.69 Å². The molecular weight excluding hydrogens is 242 g/mol. The van der Waals surface area contributed by atoms with Crippen LogP contribution < -0.4 is 4.90 Å². The fourth-order valence-corrected chi connectivity index (χ4v) is 3.87. The minimum Gasteiger partial charge on any atom is -0.369 e. The van der Waals surface area contributed by atoms with Gasteiger partial charge in [0.25, 0.3) is 0 Å². The third-order valence-corrected chi connectivity index (χ3v) is 4.94. The van der Waals surface area contributed by atoms with E-state index < -0.39 is 0 Å². The van der Waals surface area contributed by atoms with Crippen molar-refractivity contribution in [2.24, 2.45) is 0 Å². The Hall–Kier alpha value is -1.76. The Morgan fingerprint density at radius 1 is 0.950 bits per heavy atom. The summed E-state index contributed by atoms with van der Waals surface area (Å²) in [6.07, 6.45) is 5.15. The summed E-state index contributed by atoms with van der Waals surface area (Å²) in [6, 6.07) is 16.4. The highest BCUT2D eigenvalue weighted by Gasteiger charge is 2.26. The van der Waals surface area contributed by atoms with Crippen molar-refractivity contribution in [1.29, 1.82) is 0 Å². The highest BCUT2D eigenvalue weighted by molar-refractivity contribution is 5.82. The van der Waals surface area contributed by atoms with Crippen molar-refractivity contribution in [2.75, 3.05) is 11.4 Å². The number of rotatable bonds is 1. The molecule has 0 saturated carbocycles. The van der Waals surface area contributed by atoms with Crippen LogP contribution in [-0.4, -0.2) is 12.6 Å². The molecule has 0 N–H and O–H groups in total. The lowest BCUT2D eigenvalue weighted by atomic mass is 9.99. The molecule has 0 aromatic heterocycles. The predicted molar refractivity (Wildman–Crippen MR) is 85.3 cm³/mol. The van der Waals surface area contributed by atoms with Crippen LogP contribution in [0, 0.1) is 0 Å². The Bertz CT molecular complexity index is 644. The lowest BCUT2D eigenvalue weighted by Gasteiger charge is -2.36. The first-order valence-electron chi connectivity index (χ1n) is 7.81. The van der Waals surface area contributed by atoms with Gasteiger partial charge in [0.2, 0.25) is 0 Å². The van der Waals surface area contributed by atoms with Gasteiger partial charge in [-0.25, -0.2) is 0 Å². The van der Waals surface area contributed by atoms with E-state index in [1.54, 1.807) is 5.56 Å². The molecular formula is C19H21N. The molecule has 2 aromatic carbocycles. The second-order valence-corrected chi connectivity index (χ2v) is 6.18. The van der Waals surface area contributed by atoms with Gasteiger partial charge in [-0.2, -0.15) is 0 Å². The number of nitrogens with zero attached hydrogens (tertiary/aromatic N) is 1. The Balaban J connectivity index is 1.81. The van der Waals surface area contributed by atoms with Gasteiger partial charge in [-0.15, -0.1) is 0 Å². The fraction of sp³-hybridized carbons (Fsp3) is 0.368. The molecule has 0 radical (unpaired) electrons. The molecule has 0 bridgehead atoms. The van der Waals surface area contributed by atoms with E-state index in [0.29, 0.717) is 6.04 Å². The van der Waals surface area contributed by atoms with Crippen molar-refractivity contribution in [1.82, 2.24) is 0 Å². The van der Waals surface area contributed by atoms with E-state index in [9.17, 15) is 0 Å². The summed E-state index contributed by atoms with van der Waals surface area (Å²) in [4.78, 5) is 2.63. The van der Waals surface area contributed by atoms with Crippen molar-refractivity contribution in [3.63, 3.8) is 0 Å². The smallest absolute Gasteiger partial charge is 0.0410 e. The monoisotopic (exact) mass is 263 g/mol. The molecule has 2 aromatic rings. The minimum absolute atomic E-state index is 0.680. The maximum Gasteiger partial charge on any atom is 0.0410 e. The summed E-state index contributed by atoms with van der Waals surface area (Å²) in [5.41, 5.74) is 7.40. The van der Waals surface area contributed by atoms with Crippen LogP contribution in [0.25, 0.3) is 11.1 Å². The Morgan fingerprint density at radius 3 is 2.70 bits per heavy atom. The number of benzene rings is 2. The standard InChI is InChI=1S/C19H21N/c1-14-7-4-5-12-20(14)19-11-6-10-17-16-9-3-2-8-15(16)13-18(17)19/h2-3,6,8-11,14H,4-5,7,12-13H2,1H3. The third-order valence-electron chi connectivity index (χ3n) is 4.94. The Kier molecular flexibility index (Phi) is 2.80. The number of anilines is 1. The zero-order chi connectivity index (χ0) is 13.5. The molecule has 20 heavy (non-hydrogen) atoms.